The lowest BCUT2D eigenvalue weighted by atomic mass is 10.2. The van der Waals surface area contributed by atoms with Gasteiger partial charge >= 0.3 is 29.0 Å². The molecule has 4 aromatic heterocycles. The number of pyridine rings is 1. The molecule has 0 atom stereocenters. The van der Waals surface area contributed by atoms with Crippen molar-refractivity contribution in [2.75, 3.05) is 14.2 Å². The molecule has 0 radical (unpaired) electrons. The zero-order valence-corrected chi connectivity index (χ0v) is 23.1. The first-order valence-corrected chi connectivity index (χ1v) is 11.6. The number of halogens is 1. The summed E-state index contributed by atoms with van der Waals surface area (Å²) in [6.45, 7) is 1.70. The topological polar surface area (TPSA) is 272 Å². The van der Waals surface area contributed by atoms with Gasteiger partial charge in [0.05, 0.1) is 19.6 Å². The first-order valence-electron chi connectivity index (χ1n) is 10.5. The molecular weight excluding hydrogens is 665 g/mol. The van der Waals surface area contributed by atoms with Crippen LogP contribution in [-0.4, -0.2) is 60.6 Å². The van der Waals surface area contributed by atoms with Crippen LogP contribution in [-0.2, 0) is 16.5 Å². The summed E-state index contributed by atoms with van der Waals surface area (Å²) in [5.41, 5.74) is -3.91. The maximum Gasteiger partial charge on any atom is 0.355 e. The van der Waals surface area contributed by atoms with Crippen LogP contribution in [0.15, 0.2) is 45.8 Å². The first-order chi connectivity index (χ1) is 18.7. The molecule has 4 aromatic rings. The standard InChI is InChI=1S/C9H9N3O3.C6H5IN2O4.C6H6N2O4.CH4/c1-4-3-12(2)8(14)6-5(4)7(13)11-9(15)10-6;1-13-5(11)3-2(7)4(10)9-6(12)8-3;1-12-5(10)3-2-4(9)8-6(11)7-3;/h3H,1-2H3,(H2,10,11,13,15);1H3,(H2,8,9,10,12);2H,1H3,(H2,7,8,9,11);1H4. The summed E-state index contributed by atoms with van der Waals surface area (Å²) in [5.74, 6) is -1.49. The van der Waals surface area contributed by atoms with Crippen LogP contribution in [0, 0.1) is 10.5 Å². The molecule has 0 bridgehead atoms. The highest BCUT2D eigenvalue weighted by Gasteiger charge is 2.14. The fourth-order valence-electron chi connectivity index (χ4n) is 3.02. The van der Waals surface area contributed by atoms with E-state index < -0.39 is 45.7 Å². The van der Waals surface area contributed by atoms with Gasteiger partial charge in [-0.1, -0.05) is 7.43 Å². The van der Waals surface area contributed by atoms with Crippen LogP contribution in [0.2, 0.25) is 0 Å². The van der Waals surface area contributed by atoms with Crippen molar-refractivity contribution >= 4 is 45.4 Å². The molecule has 0 aromatic carbocycles. The minimum absolute atomic E-state index is 0. The highest BCUT2D eigenvalue weighted by molar-refractivity contribution is 14.1. The number of carbonyl (C=O) groups excluding carboxylic acids is 2. The molecule has 0 saturated heterocycles. The second-order valence-corrected chi connectivity index (χ2v) is 8.55. The van der Waals surface area contributed by atoms with Gasteiger partial charge in [0, 0.05) is 19.3 Å². The number of aromatic nitrogens is 7. The lowest BCUT2D eigenvalue weighted by Crippen LogP contribution is -2.29. The molecule has 0 aliphatic carbocycles. The molecule has 4 rings (SSSR count). The zero-order valence-electron chi connectivity index (χ0n) is 21.0. The highest BCUT2D eigenvalue weighted by Crippen LogP contribution is 2.04. The number of hydrogen-bond donors (Lipinski definition) is 6. The van der Waals surface area contributed by atoms with Crippen molar-refractivity contribution in [1.29, 1.82) is 0 Å². The van der Waals surface area contributed by atoms with Crippen LogP contribution >= 0.6 is 22.6 Å². The van der Waals surface area contributed by atoms with E-state index in [-0.39, 0.29) is 38.8 Å². The Labute approximate surface area is 239 Å². The SMILES string of the molecule is C.COC(=O)c1[nH]c(=O)[nH]c(=O)c1I.COC(=O)c1cc(=O)[nH]c(=O)[nH]1.Cc1cn(C)c(=O)c2[nH]c(=O)[nH]c(=O)c12. The van der Waals surface area contributed by atoms with Gasteiger partial charge in [0.2, 0.25) is 0 Å². The molecule has 0 amide bonds. The van der Waals surface area contributed by atoms with E-state index in [1.165, 1.54) is 4.57 Å². The third kappa shape index (κ3) is 8.45. The number of methoxy groups -OCH3 is 2. The number of nitrogens with zero attached hydrogens (tertiary/aromatic N) is 1. The van der Waals surface area contributed by atoms with E-state index in [9.17, 15) is 43.2 Å². The summed E-state index contributed by atoms with van der Waals surface area (Å²) in [4.78, 5) is 111. The van der Waals surface area contributed by atoms with Gasteiger partial charge in [-0.25, -0.2) is 24.0 Å². The van der Waals surface area contributed by atoms with Crippen LogP contribution in [0.1, 0.15) is 34.0 Å². The molecule has 0 saturated carbocycles. The van der Waals surface area contributed by atoms with Crippen molar-refractivity contribution < 1.29 is 19.1 Å². The van der Waals surface area contributed by atoms with Gasteiger partial charge in [0.15, 0.2) is 0 Å². The molecule has 6 N–H and O–H groups in total. The second-order valence-electron chi connectivity index (χ2n) is 7.47. The zero-order chi connectivity index (χ0) is 30.3. The van der Waals surface area contributed by atoms with Crippen molar-refractivity contribution in [2.24, 2.45) is 7.05 Å². The predicted molar refractivity (Wildman–Crippen MR) is 153 cm³/mol. The molecule has 18 nitrogen and oxygen atoms in total. The molecule has 0 aliphatic rings. The third-order valence-electron chi connectivity index (χ3n) is 4.70. The molecule has 41 heavy (non-hydrogen) atoms. The third-order valence-corrected chi connectivity index (χ3v) is 5.73. The van der Waals surface area contributed by atoms with Crippen molar-refractivity contribution in [3.63, 3.8) is 0 Å². The van der Waals surface area contributed by atoms with Gasteiger partial charge in [-0.15, -0.1) is 0 Å². The number of rotatable bonds is 2. The van der Waals surface area contributed by atoms with Gasteiger partial charge in [-0.3, -0.25) is 34.1 Å². The number of nitrogens with one attached hydrogen (secondary N) is 6. The first kappa shape index (κ1) is 33.9. The van der Waals surface area contributed by atoms with Crippen molar-refractivity contribution in [3.05, 3.63) is 106 Å². The summed E-state index contributed by atoms with van der Waals surface area (Å²) in [5, 5.41) is 0.234. The van der Waals surface area contributed by atoms with Crippen molar-refractivity contribution in [3.8, 4) is 0 Å². The Morgan fingerprint density at radius 1 is 0.780 bits per heavy atom. The van der Waals surface area contributed by atoms with E-state index in [4.69, 9.17) is 0 Å². The summed E-state index contributed by atoms with van der Waals surface area (Å²) >= 11 is 1.65. The number of aromatic amines is 6. The van der Waals surface area contributed by atoms with E-state index in [2.05, 4.69) is 29.4 Å². The van der Waals surface area contributed by atoms with E-state index in [0.717, 1.165) is 20.3 Å². The number of carbonyl (C=O) groups is 2. The van der Waals surface area contributed by atoms with Crippen LogP contribution < -0.4 is 39.3 Å². The van der Waals surface area contributed by atoms with Gasteiger partial charge in [-0.2, -0.15) is 0 Å². The molecule has 0 unspecified atom stereocenters. The van der Waals surface area contributed by atoms with E-state index in [1.807, 2.05) is 9.97 Å². The quantitative estimate of drug-likeness (QED) is 0.101. The molecule has 220 valence electrons. The average molecular weight is 689 g/mol. The molecular formula is C22H24IN7O11. The fraction of sp³-hybridized carbons (Fsp3) is 0.227. The lowest BCUT2D eigenvalue weighted by molar-refractivity contribution is 0.0584. The Bertz CT molecular complexity index is 1980. The lowest BCUT2D eigenvalue weighted by Gasteiger charge is -2.03. The maximum atomic E-state index is 11.6. The van der Waals surface area contributed by atoms with Gasteiger partial charge < -0.3 is 29.0 Å². The van der Waals surface area contributed by atoms with Crippen LogP contribution in [0.3, 0.4) is 0 Å². The Morgan fingerprint density at radius 2 is 1.32 bits per heavy atom. The number of aryl methyl sites for hydroxylation is 2. The molecule has 0 aliphatic heterocycles. The maximum absolute atomic E-state index is 11.6. The van der Waals surface area contributed by atoms with Gasteiger partial charge in [-0.05, 0) is 35.1 Å². The summed E-state index contributed by atoms with van der Waals surface area (Å²) < 4.78 is 10.1. The van der Waals surface area contributed by atoms with E-state index in [1.54, 1.807) is 42.8 Å². The number of ether oxygens (including phenoxy) is 2. The average Bonchev–Trinajstić information content (AvgIpc) is 2.88. The number of fused-ring (bicyclic) bond motifs is 1. The van der Waals surface area contributed by atoms with Crippen LogP contribution in [0.4, 0.5) is 0 Å². The molecule has 4 heterocycles. The number of H-pyrrole nitrogens is 6. The molecule has 0 fully saturated rings. The molecule has 0 spiro atoms. The van der Waals surface area contributed by atoms with Crippen LogP contribution in [0.5, 0.6) is 0 Å². The summed E-state index contributed by atoms with van der Waals surface area (Å²) in [6.07, 6.45) is 1.55. The minimum atomic E-state index is -0.752. The predicted octanol–water partition coefficient (Wildman–Crippen LogP) is -1.84. The van der Waals surface area contributed by atoms with E-state index in [0.29, 0.717) is 5.56 Å². The Hall–Kier alpha value is -5.08. The molecule has 19 heteroatoms. The van der Waals surface area contributed by atoms with Gasteiger partial charge in [0.1, 0.15) is 20.5 Å². The van der Waals surface area contributed by atoms with Crippen LogP contribution in [0.25, 0.3) is 10.9 Å². The Kier molecular flexibility index (Phi) is 11.9. The Balaban J connectivity index is 0.000000306. The smallest absolute Gasteiger partial charge is 0.355 e. The Morgan fingerprint density at radius 3 is 1.88 bits per heavy atom. The fourth-order valence-corrected chi connectivity index (χ4v) is 3.51. The van der Waals surface area contributed by atoms with Gasteiger partial charge in [0.25, 0.3) is 22.2 Å². The highest BCUT2D eigenvalue weighted by atomic mass is 127. The summed E-state index contributed by atoms with van der Waals surface area (Å²) in [6, 6.07) is 0.952. The van der Waals surface area contributed by atoms with E-state index >= 15 is 0 Å². The number of hydrogen-bond acceptors (Lipinski definition) is 11. The summed E-state index contributed by atoms with van der Waals surface area (Å²) in [7, 11) is 3.88. The largest absolute Gasteiger partial charge is 0.464 e. The number of esters is 2. The monoisotopic (exact) mass is 689 g/mol. The normalized spacial score (nSPS) is 9.78. The van der Waals surface area contributed by atoms with Crippen molar-refractivity contribution in [1.82, 2.24) is 34.5 Å². The minimum Gasteiger partial charge on any atom is -0.464 e. The van der Waals surface area contributed by atoms with Crippen molar-refractivity contribution in [2.45, 2.75) is 14.4 Å². The second kappa shape index (κ2) is 14.3.